The third-order valence-electron chi connectivity index (χ3n) is 3.91. The van der Waals surface area contributed by atoms with Gasteiger partial charge in [-0.1, -0.05) is 22.9 Å². The lowest BCUT2D eigenvalue weighted by molar-refractivity contribution is 0.0958. The number of thiazole rings is 1. The Kier molecular flexibility index (Phi) is 6.41. The number of amides is 1. The molecule has 2 heterocycles. The van der Waals surface area contributed by atoms with Crippen molar-refractivity contribution in [3.8, 4) is 5.75 Å². The summed E-state index contributed by atoms with van der Waals surface area (Å²) < 4.78 is 12.1. The Labute approximate surface area is 174 Å². The average Bonchev–Trinajstić information content (AvgIpc) is 3.25. The number of methoxy groups -OCH3 is 1. The van der Waals surface area contributed by atoms with E-state index in [4.69, 9.17) is 20.8 Å². The van der Waals surface area contributed by atoms with Crippen LogP contribution < -0.4 is 9.64 Å². The molecule has 9 heteroatoms. The van der Waals surface area contributed by atoms with Crippen molar-refractivity contribution in [2.24, 2.45) is 0 Å². The van der Waals surface area contributed by atoms with E-state index >= 15 is 0 Å². The summed E-state index contributed by atoms with van der Waals surface area (Å²) in [4.78, 5) is 21.4. The minimum atomic E-state index is -0.242. The number of carbonyl (C=O) groups excluding carboxylic acids is 1. The van der Waals surface area contributed by atoms with Crippen molar-refractivity contribution in [3.63, 3.8) is 0 Å². The number of ether oxygens (including phenoxy) is 1. The van der Waals surface area contributed by atoms with Gasteiger partial charge in [0.05, 0.1) is 16.8 Å². The molecule has 0 saturated heterocycles. The lowest BCUT2D eigenvalue weighted by atomic mass is 10.3. The summed E-state index contributed by atoms with van der Waals surface area (Å²) in [5.74, 6) is 0.635. The summed E-state index contributed by atoms with van der Waals surface area (Å²) in [5.41, 5.74) is 0.649. The number of benzene rings is 1. The summed E-state index contributed by atoms with van der Waals surface area (Å²) >= 11 is 10.9. The van der Waals surface area contributed by atoms with E-state index in [0.29, 0.717) is 32.6 Å². The van der Waals surface area contributed by atoms with Crippen molar-refractivity contribution in [2.45, 2.75) is 6.42 Å². The number of carbonyl (C=O) groups is 1. The van der Waals surface area contributed by atoms with Crippen molar-refractivity contribution in [2.75, 3.05) is 39.2 Å². The number of aromatic nitrogens is 1. The Bertz CT molecular complexity index is 957. The van der Waals surface area contributed by atoms with Crippen LogP contribution in [0.5, 0.6) is 5.75 Å². The van der Waals surface area contributed by atoms with Crippen molar-refractivity contribution in [3.05, 3.63) is 39.7 Å². The number of rotatable bonds is 7. The minimum absolute atomic E-state index is 0.242. The quantitative estimate of drug-likeness (QED) is 0.489. The van der Waals surface area contributed by atoms with E-state index in [2.05, 4.69) is 25.8 Å². The van der Waals surface area contributed by atoms with Gasteiger partial charge in [-0.2, -0.15) is 0 Å². The Morgan fingerprint density at radius 2 is 2.07 bits per heavy atom. The standard InChI is InChI=1S/C18H19BrClN3O3S/c1-22(2)9-4-10-23(17(24)13-7-8-14(19)26-13)18-21-15-12(25-3)6-5-11(20)16(15)27-18/h5-8H,4,9-10H2,1-3H3. The Morgan fingerprint density at radius 1 is 1.30 bits per heavy atom. The summed E-state index contributed by atoms with van der Waals surface area (Å²) in [6.07, 6.45) is 0.793. The lowest BCUT2D eigenvalue weighted by Gasteiger charge is -2.19. The van der Waals surface area contributed by atoms with Gasteiger partial charge in [0.2, 0.25) is 0 Å². The van der Waals surface area contributed by atoms with Crippen LogP contribution in [-0.4, -0.2) is 50.1 Å². The molecular formula is C18H19BrClN3O3S. The maximum absolute atomic E-state index is 13.1. The van der Waals surface area contributed by atoms with Crippen molar-refractivity contribution in [1.82, 2.24) is 9.88 Å². The highest BCUT2D eigenvalue weighted by molar-refractivity contribution is 9.10. The van der Waals surface area contributed by atoms with E-state index in [1.807, 2.05) is 14.1 Å². The fraction of sp³-hybridized carbons (Fsp3) is 0.333. The van der Waals surface area contributed by atoms with E-state index in [0.717, 1.165) is 17.7 Å². The Hall–Kier alpha value is -1.61. The summed E-state index contributed by atoms with van der Waals surface area (Å²) in [5, 5.41) is 1.14. The van der Waals surface area contributed by atoms with Crippen molar-refractivity contribution >= 4 is 60.1 Å². The molecule has 0 fully saturated rings. The zero-order valence-corrected chi connectivity index (χ0v) is 18.3. The maximum Gasteiger partial charge on any atom is 0.295 e. The van der Waals surface area contributed by atoms with Gasteiger partial charge in [-0.25, -0.2) is 4.98 Å². The van der Waals surface area contributed by atoms with Gasteiger partial charge in [0.25, 0.3) is 5.91 Å². The lowest BCUT2D eigenvalue weighted by Crippen LogP contribution is -2.33. The smallest absolute Gasteiger partial charge is 0.295 e. The van der Waals surface area contributed by atoms with E-state index in [9.17, 15) is 4.79 Å². The number of fused-ring (bicyclic) bond motifs is 1. The van der Waals surface area contributed by atoms with Crippen LogP contribution in [0.3, 0.4) is 0 Å². The molecule has 0 aliphatic heterocycles. The van der Waals surface area contributed by atoms with E-state index in [-0.39, 0.29) is 11.7 Å². The van der Waals surface area contributed by atoms with Crippen LogP contribution in [-0.2, 0) is 0 Å². The number of nitrogens with zero attached hydrogens (tertiary/aromatic N) is 3. The molecule has 0 N–H and O–H groups in total. The van der Waals surface area contributed by atoms with Crippen LogP contribution in [0.4, 0.5) is 5.13 Å². The summed E-state index contributed by atoms with van der Waals surface area (Å²) in [6.45, 7) is 1.36. The van der Waals surface area contributed by atoms with Crippen LogP contribution in [0.2, 0.25) is 5.02 Å². The number of anilines is 1. The molecule has 0 saturated carbocycles. The van der Waals surface area contributed by atoms with E-state index in [1.165, 1.54) is 11.3 Å². The highest BCUT2D eigenvalue weighted by Gasteiger charge is 2.25. The van der Waals surface area contributed by atoms with Gasteiger partial charge in [0.1, 0.15) is 11.3 Å². The van der Waals surface area contributed by atoms with Gasteiger partial charge in [-0.05, 0) is 67.3 Å². The highest BCUT2D eigenvalue weighted by atomic mass is 79.9. The molecule has 0 aliphatic carbocycles. The fourth-order valence-corrected chi connectivity index (χ4v) is 4.20. The largest absolute Gasteiger partial charge is 0.494 e. The predicted molar refractivity (Wildman–Crippen MR) is 112 cm³/mol. The molecule has 6 nitrogen and oxygen atoms in total. The first-order valence-electron chi connectivity index (χ1n) is 8.25. The van der Waals surface area contributed by atoms with Gasteiger partial charge in [0.15, 0.2) is 15.6 Å². The van der Waals surface area contributed by atoms with Crippen LogP contribution in [0, 0.1) is 0 Å². The van der Waals surface area contributed by atoms with Crippen LogP contribution in [0.1, 0.15) is 17.0 Å². The minimum Gasteiger partial charge on any atom is -0.494 e. The molecule has 1 aromatic carbocycles. The average molecular weight is 473 g/mol. The number of halogens is 2. The van der Waals surface area contributed by atoms with Crippen LogP contribution in [0.25, 0.3) is 10.2 Å². The molecule has 0 atom stereocenters. The van der Waals surface area contributed by atoms with Gasteiger partial charge < -0.3 is 14.1 Å². The summed E-state index contributed by atoms with van der Waals surface area (Å²) in [6, 6.07) is 6.89. The molecule has 0 bridgehead atoms. The maximum atomic E-state index is 13.1. The molecule has 27 heavy (non-hydrogen) atoms. The zero-order chi connectivity index (χ0) is 19.6. The fourth-order valence-electron chi connectivity index (χ4n) is 2.61. The molecule has 2 aromatic heterocycles. The molecule has 0 spiro atoms. The molecular weight excluding hydrogens is 454 g/mol. The number of furan rings is 1. The monoisotopic (exact) mass is 471 g/mol. The second-order valence-corrected chi connectivity index (χ2v) is 8.31. The second-order valence-electron chi connectivity index (χ2n) is 6.14. The first kappa shape index (κ1) is 20.1. The van der Waals surface area contributed by atoms with Gasteiger partial charge in [0, 0.05) is 6.54 Å². The topological polar surface area (TPSA) is 58.8 Å². The first-order chi connectivity index (χ1) is 12.9. The van der Waals surface area contributed by atoms with Crippen molar-refractivity contribution < 1.29 is 13.9 Å². The van der Waals surface area contributed by atoms with Crippen LogP contribution in [0.15, 0.2) is 33.4 Å². The molecule has 3 rings (SSSR count). The molecule has 1 amide bonds. The van der Waals surface area contributed by atoms with Crippen molar-refractivity contribution in [1.29, 1.82) is 0 Å². The number of hydrogen-bond donors (Lipinski definition) is 0. The Balaban J connectivity index is 2.00. The van der Waals surface area contributed by atoms with Crippen LogP contribution >= 0.6 is 38.9 Å². The molecule has 0 unspecified atom stereocenters. The third kappa shape index (κ3) is 4.45. The second kappa shape index (κ2) is 8.60. The van der Waals surface area contributed by atoms with Gasteiger partial charge >= 0.3 is 0 Å². The molecule has 0 radical (unpaired) electrons. The predicted octanol–water partition coefficient (Wildman–Crippen LogP) is 4.91. The SMILES string of the molecule is COc1ccc(Cl)c2sc(N(CCCN(C)C)C(=O)c3ccc(Br)o3)nc12. The normalized spacial score (nSPS) is 11.3. The highest BCUT2D eigenvalue weighted by Crippen LogP contribution is 2.39. The molecule has 144 valence electrons. The van der Waals surface area contributed by atoms with E-state index < -0.39 is 0 Å². The van der Waals surface area contributed by atoms with Gasteiger partial charge in [-0.15, -0.1) is 0 Å². The molecule has 3 aromatic rings. The Morgan fingerprint density at radius 3 is 2.70 bits per heavy atom. The third-order valence-corrected chi connectivity index (χ3v) is 5.88. The molecule has 0 aliphatic rings. The van der Waals surface area contributed by atoms with E-state index in [1.54, 1.807) is 36.3 Å². The van der Waals surface area contributed by atoms with Gasteiger partial charge in [-0.3, -0.25) is 9.69 Å². The first-order valence-corrected chi connectivity index (χ1v) is 10.2. The number of hydrogen-bond acceptors (Lipinski definition) is 6. The summed E-state index contributed by atoms with van der Waals surface area (Å²) in [7, 11) is 5.58. The zero-order valence-electron chi connectivity index (χ0n) is 15.2.